The lowest BCUT2D eigenvalue weighted by molar-refractivity contribution is 0.206. The number of benzene rings is 2. The first-order valence-electron chi connectivity index (χ1n) is 8.63. The fraction of sp³-hybridized carbons (Fsp3) is 0.400. The first-order chi connectivity index (χ1) is 12.1. The topological polar surface area (TPSA) is 62.2 Å². The lowest BCUT2D eigenvalue weighted by Crippen LogP contribution is -2.31. The molecule has 0 amide bonds. The van der Waals surface area contributed by atoms with Gasteiger partial charge in [0.25, 0.3) is 0 Å². The number of phenolic OH excluding ortho intramolecular Hbond substituents is 2. The van der Waals surface area contributed by atoms with Crippen LogP contribution in [0, 0.1) is 0 Å². The average Bonchev–Trinajstić information content (AvgIpc) is 2.63. The standard InChI is InChI=1S/C20H27NO4.ClH/c1-3-11-21(12-10-16-8-9-17(22)18(23)15-16)13-14-25-20-7-5-4-6-19(20)24-2;/h4-9,15,22-23H,3,10-14H2,1-2H3;1H. The number of ether oxygens (including phenoxy) is 2. The van der Waals surface area contributed by atoms with Gasteiger partial charge in [-0.1, -0.05) is 25.1 Å². The number of halogens is 1. The number of methoxy groups -OCH3 is 1. The van der Waals surface area contributed by atoms with Gasteiger partial charge in [0.05, 0.1) is 7.11 Å². The van der Waals surface area contributed by atoms with Crippen LogP contribution in [-0.2, 0) is 6.42 Å². The van der Waals surface area contributed by atoms with Gasteiger partial charge >= 0.3 is 0 Å². The molecule has 26 heavy (non-hydrogen) atoms. The third-order valence-corrected chi connectivity index (χ3v) is 4.03. The number of aromatic hydroxyl groups is 2. The Balaban J connectivity index is 0.00000338. The molecule has 0 aliphatic heterocycles. The van der Waals surface area contributed by atoms with E-state index in [1.807, 2.05) is 30.3 Å². The second-order valence-corrected chi connectivity index (χ2v) is 5.91. The Morgan fingerprint density at radius 1 is 0.923 bits per heavy atom. The van der Waals surface area contributed by atoms with Crippen molar-refractivity contribution in [1.29, 1.82) is 0 Å². The summed E-state index contributed by atoms with van der Waals surface area (Å²) in [7, 11) is 1.64. The first-order valence-corrected chi connectivity index (χ1v) is 8.63. The van der Waals surface area contributed by atoms with E-state index in [1.165, 1.54) is 6.07 Å². The van der Waals surface area contributed by atoms with Crippen molar-refractivity contribution in [3.05, 3.63) is 48.0 Å². The van der Waals surface area contributed by atoms with Gasteiger partial charge in [-0.05, 0) is 49.2 Å². The van der Waals surface area contributed by atoms with Crippen molar-refractivity contribution in [3.63, 3.8) is 0 Å². The molecule has 2 N–H and O–H groups in total. The summed E-state index contributed by atoms with van der Waals surface area (Å²) in [4.78, 5) is 2.33. The molecule has 0 saturated carbocycles. The van der Waals surface area contributed by atoms with E-state index < -0.39 is 0 Å². The van der Waals surface area contributed by atoms with Gasteiger partial charge in [0, 0.05) is 13.1 Å². The molecule has 6 heteroatoms. The summed E-state index contributed by atoms with van der Waals surface area (Å²) in [6, 6.07) is 12.6. The zero-order valence-electron chi connectivity index (χ0n) is 15.4. The highest BCUT2D eigenvalue weighted by Crippen LogP contribution is 2.26. The van der Waals surface area contributed by atoms with Gasteiger partial charge in [-0.3, -0.25) is 4.90 Å². The van der Waals surface area contributed by atoms with E-state index >= 15 is 0 Å². The molecule has 0 aromatic heterocycles. The molecule has 2 rings (SSSR count). The highest BCUT2D eigenvalue weighted by atomic mass is 35.5. The van der Waals surface area contributed by atoms with E-state index in [9.17, 15) is 10.2 Å². The summed E-state index contributed by atoms with van der Waals surface area (Å²) in [5.74, 6) is 1.34. The Bertz CT molecular complexity index is 666. The molecule has 0 heterocycles. The van der Waals surface area contributed by atoms with Crippen molar-refractivity contribution < 1.29 is 19.7 Å². The van der Waals surface area contributed by atoms with Gasteiger partial charge in [0.1, 0.15) is 6.61 Å². The molecule has 5 nitrogen and oxygen atoms in total. The van der Waals surface area contributed by atoms with Crippen molar-refractivity contribution in [2.24, 2.45) is 0 Å². The summed E-state index contributed by atoms with van der Waals surface area (Å²) >= 11 is 0. The molecule has 0 bridgehead atoms. The van der Waals surface area contributed by atoms with Crippen LogP contribution in [-0.4, -0.2) is 48.5 Å². The van der Waals surface area contributed by atoms with Crippen molar-refractivity contribution in [2.45, 2.75) is 19.8 Å². The number of phenols is 2. The van der Waals surface area contributed by atoms with Crippen LogP contribution in [0.2, 0.25) is 0 Å². The van der Waals surface area contributed by atoms with Crippen LogP contribution < -0.4 is 9.47 Å². The summed E-state index contributed by atoms with van der Waals surface area (Å²) in [5.41, 5.74) is 1.00. The summed E-state index contributed by atoms with van der Waals surface area (Å²) in [6.07, 6.45) is 1.87. The third-order valence-electron chi connectivity index (χ3n) is 4.03. The minimum atomic E-state index is -0.0839. The van der Waals surface area contributed by atoms with Crippen LogP contribution in [0.1, 0.15) is 18.9 Å². The average molecular weight is 382 g/mol. The number of nitrogens with zero attached hydrogens (tertiary/aromatic N) is 1. The molecule has 0 saturated heterocycles. The minimum Gasteiger partial charge on any atom is -0.504 e. The van der Waals surface area contributed by atoms with Crippen LogP contribution in [0.5, 0.6) is 23.0 Å². The minimum absolute atomic E-state index is 0. The maximum atomic E-state index is 9.59. The van der Waals surface area contributed by atoms with Crippen LogP contribution >= 0.6 is 12.4 Å². The van der Waals surface area contributed by atoms with Gasteiger partial charge in [-0.15, -0.1) is 12.4 Å². The van der Waals surface area contributed by atoms with E-state index in [1.54, 1.807) is 13.2 Å². The second-order valence-electron chi connectivity index (χ2n) is 5.91. The smallest absolute Gasteiger partial charge is 0.161 e. The van der Waals surface area contributed by atoms with Crippen LogP contribution in [0.15, 0.2) is 42.5 Å². The quantitative estimate of drug-likeness (QED) is 0.612. The van der Waals surface area contributed by atoms with Gasteiger partial charge < -0.3 is 19.7 Å². The molecule has 0 aliphatic rings. The van der Waals surface area contributed by atoms with Gasteiger partial charge in [-0.25, -0.2) is 0 Å². The monoisotopic (exact) mass is 381 g/mol. The van der Waals surface area contributed by atoms with E-state index in [0.717, 1.165) is 49.5 Å². The Hall–Kier alpha value is -2.11. The second kappa shape index (κ2) is 11.5. The Kier molecular flexibility index (Phi) is 9.70. The summed E-state index contributed by atoms with van der Waals surface area (Å²) in [6.45, 7) is 5.41. The van der Waals surface area contributed by atoms with E-state index in [4.69, 9.17) is 9.47 Å². The molecule has 0 fully saturated rings. The Morgan fingerprint density at radius 3 is 2.31 bits per heavy atom. The Morgan fingerprint density at radius 2 is 1.65 bits per heavy atom. The molecule has 144 valence electrons. The number of hydrogen-bond acceptors (Lipinski definition) is 5. The van der Waals surface area contributed by atoms with Gasteiger partial charge in [-0.2, -0.15) is 0 Å². The highest BCUT2D eigenvalue weighted by Gasteiger charge is 2.08. The van der Waals surface area contributed by atoms with E-state index in [0.29, 0.717) is 6.61 Å². The predicted molar refractivity (Wildman–Crippen MR) is 106 cm³/mol. The number of hydrogen-bond donors (Lipinski definition) is 2. The normalized spacial score (nSPS) is 10.4. The zero-order chi connectivity index (χ0) is 18.1. The number of rotatable bonds is 10. The fourth-order valence-electron chi connectivity index (χ4n) is 2.69. The fourth-order valence-corrected chi connectivity index (χ4v) is 2.69. The summed E-state index contributed by atoms with van der Waals surface area (Å²) < 4.78 is 11.1. The molecule has 0 radical (unpaired) electrons. The van der Waals surface area contributed by atoms with Gasteiger partial charge in [0.2, 0.25) is 0 Å². The van der Waals surface area contributed by atoms with Gasteiger partial charge in [0.15, 0.2) is 23.0 Å². The van der Waals surface area contributed by atoms with Crippen molar-refractivity contribution >= 4 is 12.4 Å². The van der Waals surface area contributed by atoms with Crippen LogP contribution in [0.25, 0.3) is 0 Å². The largest absolute Gasteiger partial charge is 0.504 e. The lowest BCUT2D eigenvalue weighted by atomic mass is 10.1. The van der Waals surface area contributed by atoms with Crippen LogP contribution in [0.4, 0.5) is 0 Å². The highest BCUT2D eigenvalue weighted by molar-refractivity contribution is 5.85. The molecule has 0 aliphatic carbocycles. The molecule has 2 aromatic rings. The lowest BCUT2D eigenvalue weighted by Gasteiger charge is -2.22. The zero-order valence-corrected chi connectivity index (χ0v) is 16.2. The molecule has 0 atom stereocenters. The molecule has 0 unspecified atom stereocenters. The third kappa shape index (κ3) is 6.65. The predicted octanol–water partition coefficient (Wildman–Crippen LogP) is 3.86. The molecular weight excluding hydrogens is 354 g/mol. The van der Waals surface area contributed by atoms with Crippen LogP contribution in [0.3, 0.4) is 0 Å². The number of para-hydroxylation sites is 2. The Labute approximate surface area is 161 Å². The van der Waals surface area contributed by atoms with Crippen molar-refractivity contribution in [2.75, 3.05) is 33.4 Å². The maximum Gasteiger partial charge on any atom is 0.161 e. The van der Waals surface area contributed by atoms with Crippen molar-refractivity contribution in [3.8, 4) is 23.0 Å². The molecule has 2 aromatic carbocycles. The summed E-state index contributed by atoms with van der Waals surface area (Å²) in [5, 5.41) is 19.0. The van der Waals surface area contributed by atoms with E-state index in [-0.39, 0.29) is 23.9 Å². The first kappa shape index (κ1) is 21.9. The molecule has 0 spiro atoms. The molecular formula is C20H28ClNO4. The van der Waals surface area contributed by atoms with Crippen molar-refractivity contribution in [1.82, 2.24) is 4.90 Å². The maximum absolute atomic E-state index is 9.59. The van der Waals surface area contributed by atoms with E-state index in [2.05, 4.69) is 11.8 Å². The SMILES string of the molecule is CCCN(CCOc1ccccc1OC)CCc1ccc(O)c(O)c1.Cl.